The zero-order chi connectivity index (χ0) is 14.4. The minimum absolute atomic E-state index is 0.0101. The van der Waals surface area contributed by atoms with E-state index in [1.54, 1.807) is 0 Å². The van der Waals surface area contributed by atoms with E-state index in [4.69, 9.17) is 4.74 Å². The monoisotopic (exact) mass is 282 g/mol. The molecule has 1 aliphatic carbocycles. The van der Waals surface area contributed by atoms with Crippen LogP contribution in [0.1, 0.15) is 46.0 Å². The predicted octanol–water partition coefficient (Wildman–Crippen LogP) is 1.94. The molecule has 0 aromatic heterocycles. The lowest BCUT2D eigenvalue weighted by molar-refractivity contribution is -0.125. The zero-order valence-electron chi connectivity index (χ0n) is 13.0. The van der Waals surface area contributed by atoms with Crippen molar-refractivity contribution in [1.82, 2.24) is 10.6 Å². The van der Waals surface area contributed by atoms with E-state index < -0.39 is 0 Å². The lowest BCUT2D eigenvalue weighted by Gasteiger charge is -2.27. The molecule has 0 bridgehead atoms. The molecular weight excluding hydrogens is 252 g/mol. The minimum Gasteiger partial charge on any atom is -0.379 e. The molecule has 2 unspecified atom stereocenters. The summed E-state index contributed by atoms with van der Waals surface area (Å²) in [4.78, 5) is 12.3. The molecule has 2 N–H and O–H groups in total. The van der Waals surface area contributed by atoms with Crippen molar-refractivity contribution < 1.29 is 9.53 Å². The smallest absolute Gasteiger partial charge is 0.227 e. The molecule has 1 aliphatic heterocycles. The maximum absolute atomic E-state index is 12.3. The molecule has 0 radical (unpaired) electrons. The van der Waals surface area contributed by atoms with Crippen molar-refractivity contribution in [2.24, 2.45) is 17.8 Å². The summed E-state index contributed by atoms with van der Waals surface area (Å²) >= 11 is 0. The summed E-state index contributed by atoms with van der Waals surface area (Å²) in [6, 6.07) is 0.196. The predicted molar refractivity (Wildman–Crippen MR) is 80.5 cm³/mol. The Kier molecular flexibility index (Phi) is 6.30. The third kappa shape index (κ3) is 4.45. The van der Waals surface area contributed by atoms with E-state index in [2.05, 4.69) is 24.5 Å². The van der Waals surface area contributed by atoms with Crippen LogP contribution in [0.5, 0.6) is 0 Å². The van der Waals surface area contributed by atoms with Crippen LogP contribution in [0.15, 0.2) is 0 Å². The number of nitrogens with one attached hydrogen (secondary N) is 2. The fourth-order valence-corrected chi connectivity index (χ4v) is 3.25. The molecule has 2 atom stereocenters. The molecule has 2 fully saturated rings. The van der Waals surface area contributed by atoms with Crippen LogP contribution in [-0.4, -0.2) is 38.3 Å². The SMILES string of the molecule is CCCNC1COCC1C(=O)NCC1CCC(C)CC1. The first-order valence-electron chi connectivity index (χ1n) is 8.29. The summed E-state index contributed by atoms with van der Waals surface area (Å²) in [7, 11) is 0. The van der Waals surface area contributed by atoms with E-state index in [1.807, 2.05) is 0 Å². The Hall–Kier alpha value is -0.610. The van der Waals surface area contributed by atoms with Gasteiger partial charge in [0.15, 0.2) is 0 Å². The van der Waals surface area contributed by atoms with Gasteiger partial charge in [-0.05, 0) is 37.6 Å². The van der Waals surface area contributed by atoms with Crippen molar-refractivity contribution in [1.29, 1.82) is 0 Å². The third-order valence-corrected chi connectivity index (χ3v) is 4.77. The highest BCUT2D eigenvalue weighted by atomic mass is 16.5. The molecule has 0 aromatic carbocycles. The van der Waals surface area contributed by atoms with Crippen LogP contribution < -0.4 is 10.6 Å². The molecule has 1 amide bonds. The molecule has 4 nitrogen and oxygen atoms in total. The van der Waals surface area contributed by atoms with E-state index in [9.17, 15) is 4.79 Å². The van der Waals surface area contributed by atoms with Gasteiger partial charge in [0.1, 0.15) is 0 Å². The van der Waals surface area contributed by atoms with Gasteiger partial charge in [0.05, 0.1) is 19.1 Å². The van der Waals surface area contributed by atoms with E-state index in [-0.39, 0.29) is 17.9 Å². The molecule has 0 aromatic rings. The molecule has 2 aliphatic rings. The summed E-state index contributed by atoms with van der Waals surface area (Å²) in [6.45, 7) is 7.51. The highest BCUT2D eigenvalue weighted by Crippen LogP contribution is 2.27. The number of rotatable bonds is 6. The molecular formula is C16H30N2O2. The molecule has 1 heterocycles. The van der Waals surface area contributed by atoms with Crippen LogP contribution in [0.4, 0.5) is 0 Å². The second kappa shape index (κ2) is 7.99. The molecule has 4 heteroatoms. The Morgan fingerprint density at radius 2 is 1.95 bits per heavy atom. The van der Waals surface area contributed by atoms with E-state index in [0.717, 1.165) is 25.4 Å². The van der Waals surface area contributed by atoms with Gasteiger partial charge < -0.3 is 15.4 Å². The van der Waals surface area contributed by atoms with Gasteiger partial charge in [-0.2, -0.15) is 0 Å². The number of hydrogen-bond acceptors (Lipinski definition) is 3. The highest BCUT2D eigenvalue weighted by molar-refractivity contribution is 5.79. The number of carbonyl (C=O) groups excluding carboxylic acids is 1. The van der Waals surface area contributed by atoms with Crippen molar-refractivity contribution in [3.05, 3.63) is 0 Å². The first-order chi connectivity index (χ1) is 9.70. The Morgan fingerprint density at radius 1 is 1.20 bits per heavy atom. The van der Waals surface area contributed by atoms with Crippen LogP contribution in [0.3, 0.4) is 0 Å². The van der Waals surface area contributed by atoms with Gasteiger partial charge in [0.2, 0.25) is 5.91 Å². The number of carbonyl (C=O) groups is 1. The fourth-order valence-electron chi connectivity index (χ4n) is 3.25. The van der Waals surface area contributed by atoms with Gasteiger partial charge in [0.25, 0.3) is 0 Å². The van der Waals surface area contributed by atoms with Gasteiger partial charge in [-0.25, -0.2) is 0 Å². The van der Waals surface area contributed by atoms with Crippen molar-refractivity contribution >= 4 is 5.91 Å². The van der Waals surface area contributed by atoms with Crippen molar-refractivity contribution in [3.63, 3.8) is 0 Å². The Balaban J connectivity index is 1.70. The van der Waals surface area contributed by atoms with Gasteiger partial charge in [-0.1, -0.05) is 26.7 Å². The quantitative estimate of drug-likeness (QED) is 0.783. The molecule has 0 spiro atoms. The van der Waals surface area contributed by atoms with Crippen molar-refractivity contribution in [2.45, 2.75) is 52.0 Å². The largest absolute Gasteiger partial charge is 0.379 e. The summed E-state index contributed by atoms with van der Waals surface area (Å²) < 4.78 is 5.47. The molecule has 1 saturated carbocycles. The maximum atomic E-state index is 12.3. The third-order valence-electron chi connectivity index (χ3n) is 4.77. The van der Waals surface area contributed by atoms with Gasteiger partial charge in [-0.15, -0.1) is 0 Å². The van der Waals surface area contributed by atoms with Gasteiger partial charge >= 0.3 is 0 Å². The maximum Gasteiger partial charge on any atom is 0.227 e. The molecule has 2 rings (SSSR count). The van der Waals surface area contributed by atoms with Crippen molar-refractivity contribution in [2.75, 3.05) is 26.3 Å². The lowest BCUT2D eigenvalue weighted by atomic mass is 9.83. The summed E-state index contributed by atoms with van der Waals surface area (Å²) in [6.07, 6.45) is 6.24. The number of hydrogen-bond donors (Lipinski definition) is 2. The average Bonchev–Trinajstić information content (AvgIpc) is 2.92. The standard InChI is InChI=1S/C16H30N2O2/c1-3-8-17-15-11-20-10-14(15)16(19)18-9-13-6-4-12(2)5-7-13/h12-15,17H,3-11H2,1-2H3,(H,18,19). The van der Waals surface area contributed by atoms with Crippen LogP contribution >= 0.6 is 0 Å². The van der Waals surface area contributed by atoms with Gasteiger partial charge in [-0.3, -0.25) is 4.79 Å². The molecule has 20 heavy (non-hydrogen) atoms. The normalized spacial score (nSPS) is 34.1. The average molecular weight is 282 g/mol. The Bertz CT molecular complexity index is 301. The van der Waals surface area contributed by atoms with E-state index in [1.165, 1.54) is 25.7 Å². The first-order valence-corrected chi connectivity index (χ1v) is 8.29. The summed E-state index contributed by atoms with van der Waals surface area (Å²) in [5.74, 6) is 1.71. The van der Waals surface area contributed by atoms with Crippen molar-refractivity contribution in [3.8, 4) is 0 Å². The minimum atomic E-state index is -0.0101. The highest BCUT2D eigenvalue weighted by Gasteiger charge is 2.33. The van der Waals surface area contributed by atoms with E-state index >= 15 is 0 Å². The number of amides is 1. The summed E-state index contributed by atoms with van der Waals surface area (Å²) in [5.41, 5.74) is 0. The first kappa shape index (κ1) is 15.8. The summed E-state index contributed by atoms with van der Waals surface area (Å²) in [5, 5.41) is 6.58. The van der Waals surface area contributed by atoms with Crippen LogP contribution in [0, 0.1) is 17.8 Å². The van der Waals surface area contributed by atoms with Crippen LogP contribution in [0.25, 0.3) is 0 Å². The Morgan fingerprint density at radius 3 is 2.65 bits per heavy atom. The topological polar surface area (TPSA) is 50.4 Å². The van der Waals surface area contributed by atoms with Gasteiger partial charge in [0, 0.05) is 12.6 Å². The zero-order valence-corrected chi connectivity index (χ0v) is 13.0. The fraction of sp³-hybridized carbons (Fsp3) is 0.938. The van der Waals surface area contributed by atoms with E-state index in [0.29, 0.717) is 19.1 Å². The number of ether oxygens (including phenoxy) is 1. The second-order valence-corrected chi connectivity index (χ2v) is 6.58. The Labute approximate surface area is 123 Å². The second-order valence-electron chi connectivity index (χ2n) is 6.58. The lowest BCUT2D eigenvalue weighted by Crippen LogP contribution is -2.45. The molecule has 1 saturated heterocycles. The van der Waals surface area contributed by atoms with Crippen LogP contribution in [0.2, 0.25) is 0 Å². The van der Waals surface area contributed by atoms with Crippen LogP contribution in [-0.2, 0) is 9.53 Å². The molecule has 116 valence electrons.